The van der Waals surface area contributed by atoms with E-state index in [1.807, 2.05) is 30.3 Å². The number of para-hydroxylation sites is 1. The topological polar surface area (TPSA) is 84.2 Å². The molecule has 3 rings (SSSR count). The molecule has 0 radical (unpaired) electrons. The minimum atomic E-state index is -1.16. The third-order valence-corrected chi connectivity index (χ3v) is 4.04. The van der Waals surface area contributed by atoms with Crippen LogP contribution in [-0.4, -0.2) is 26.8 Å². The summed E-state index contributed by atoms with van der Waals surface area (Å²) >= 11 is 5.83. The molecule has 3 aromatic rings. The van der Waals surface area contributed by atoms with Gasteiger partial charge in [-0.2, -0.15) is 5.10 Å². The number of carboxylic acid groups (broad SMARTS) is 1. The lowest BCUT2D eigenvalue weighted by Crippen LogP contribution is -2.13. The van der Waals surface area contributed by atoms with Crippen molar-refractivity contribution in [2.45, 2.75) is 6.92 Å². The number of hydrogen-bond donors (Lipinski definition) is 2. The normalized spacial score (nSPS) is 10.5. The first-order valence-electron chi connectivity index (χ1n) is 7.41. The Morgan fingerprint density at radius 3 is 2.52 bits per heavy atom. The molecular weight excluding hydrogens is 342 g/mol. The number of anilines is 1. The van der Waals surface area contributed by atoms with Crippen LogP contribution in [0.25, 0.3) is 5.69 Å². The van der Waals surface area contributed by atoms with Gasteiger partial charge in [-0.05, 0) is 37.3 Å². The van der Waals surface area contributed by atoms with Gasteiger partial charge in [-0.15, -0.1) is 0 Å². The fourth-order valence-corrected chi connectivity index (χ4v) is 2.63. The fraction of sp³-hybridized carbons (Fsp3) is 0.0556. The molecule has 6 nitrogen and oxygen atoms in total. The molecule has 0 fully saturated rings. The van der Waals surface area contributed by atoms with Crippen LogP contribution in [0.3, 0.4) is 0 Å². The number of nitrogens with zero attached hydrogens (tertiary/aromatic N) is 2. The van der Waals surface area contributed by atoms with Gasteiger partial charge in [-0.3, -0.25) is 4.79 Å². The highest BCUT2D eigenvalue weighted by atomic mass is 35.5. The van der Waals surface area contributed by atoms with Crippen molar-refractivity contribution in [3.8, 4) is 5.69 Å². The number of aromatic carboxylic acids is 1. The van der Waals surface area contributed by atoms with Crippen molar-refractivity contribution in [1.29, 1.82) is 0 Å². The lowest BCUT2D eigenvalue weighted by Gasteiger charge is -2.08. The largest absolute Gasteiger partial charge is 0.478 e. The van der Waals surface area contributed by atoms with Crippen LogP contribution in [0.1, 0.15) is 26.4 Å². The van der Waals surface area contributed by atoms with E-state index in [0.717, 1.165) is 5.69 Å². The molecule has 2 aromatic carbocycles. The molecule has 0 unspecified atom stereocenters. The SMILES string of the molecule is Cc1c(C(=O)Nc2ccc(Cl)c(C(=O)O)c2)cnn1-c1ccccc1. The van der Waals surface area contributed by atoms with E-state index in [0.29, 0.717) is 16.9 Å². The smallest absolute Gasteiger partial charge is 0.337 e. The van der Waals surface area contributed by atoms with E-state index in [4.69, 9.17) is 16.7 Å². The number of aromatic nitrogens is 2. The highest BCUT2D eigenvalue weighted by Gasteiger charge is 2.16. The molecule has 0 atom stereocenters. The molecule has 0 saturated heterocycles. The Hall–Kier alpha value is -3.12. The minimum Gasteiger partial charge on any atom is -0.478 e. The van der Waals surface area contributed by atoms with Crippen LogP contribution in [0.15, 0.2) is 54.7 Å². The zero-order valence-electron chi connectivity index (χ0n) is 13.2. The third-order valence-electron chi connectivity index (χ3n) is 3.71. The molecule has 2 N–H and O–H groups in total. The molecule has 1 heterocycles. The van der Waals surface area contributed by atoms with Crippen molar-refractivity contribution in [2.75, 3.05) is 5.32 Å². The first-order chi connectivity index (χ1) is 12.0. The van der Waals surface area contributed by atoms with Gasteiger partial charge in [0.15, 0.2) is 0 Å². The van der Waals surface area contributed by atoms with E-state index in [2.05, 4.69) is 10.4 Å². The first kappa shape index (κ1) is 16.7. The lowest BCUT2D eigenvalue weighted by molar-refractivity contribution is 0.0696. The van der Waals surface area contributed by atoms with Crippen LogP contribution in [0.5, 0.6) is 0 Å². The Kier molecular flexibility index (Phi) is 4.54. The van der Waals surface area contributed by atoms with E-state index in [9.17, 15) is 9.59 Å². The summed E-state index contributed by atoms with van der Waals surface area (Å²) in [5.41, 5.74) is 2.19. The molecule has 0 aliphatic rings. The van der Waals surface area contributed by atoms with Crippen LogP contribution >= 0.6 is 11.6 Å². The van der Waals surface area contributed by atoms with E-state index in [1.54, 1.807) is 17.7 Å². The average Bonchev–Trinajstić information content (AvgIpc) is 2.98. The summed E-state index contributed by atoms with van der Waals surface area (Å²) in [5, 5.41) is 16.1. The summed E-state index contributed by atoms with van der Waals surface area (Å²) < 4.78 is 1.67. The Balaban J connectivity index is 1.87. The van der Waals surface area contributed by atoms with Crippen molar-refractivity contribution in [1.82, 2.24) is 9.78 Å². The number of carboxylic acids is 1. The van der Waals surface area contributed by atoms with Crippen LogP contribution in [-0.2, 0) is 0 Å². The number of halogens is 1. The molecule has 0 aliphatic carbocycles. The Labute approximate surface area is 148 Å². The highest BCUT2D eigenvalue weighted by molar-refractivity contribution is 6.33. The molecule has 0 spiro atoms. The van der Waals surface area contributed by atoms with Crippen molar-refractivity contribution in [3.63, 3.8) is 0 Å². The predicted molar refractivity (Wildman–Crippen MR) is 94.7 cm³/mol. The van der Waals surface area contributed by atoms with Gasteiger partial charge >= 0.3 is 5.97 Å². The third kappa shape index (κ3) is 3.39. The van der Waals surface area contributed by atoms with Gasteiger partial charge in [-0.1, -0.05) is 29.8 Å². The van der Waals surface area contributed by atoms with Crippen molar-refractivity contribution >= 4 is 29.2 Å². The predicted octanol–water partition coefficient (Wildman–Crippen LogP) is 3.78. The van der Waals surface area contributed by atoms with Crippen LogP contribution < -0.4 is 5.32 Å². The van der Waals surface area contributed by atoms with Crippen molar-refractivity contribution < 1.29 is 14.7 Å². The van der Waals surface area contributed by atoms with Gasteiger partial charge in [0.2, 0.25) is 0 Å². The van der Waals surface area contributed by atoms with Gasteiger partial charge < -0.3 is 10.4 Å². The van der Waals surface area contributed by atoms with Crippen molar-refractivity contribution in [2.24, 2.45) is 0 Å². The molecule has 25 heavy (non-hydrogen) atoms. The maximum Gasteiger partial charge on any atom is 0.337 e. The molecule has 0 bridgehead atoms. The lowest BCUT2D eigenvalue weighted by atomic mass is 10.2. The standard InChI is InChI=1S/C18H14ClN3O3/c1-11-15(10-20-22(11)13-5-3-2-4-6-13)17(23)21-12-7-8-16(19)14(9-12)18(24)25/h2-10H,1H3,(H,21,23)(H,24,25). The minimum absolute atomic E-state index is 0.0730. The maximum atomic E-state index is 12.5. The second kappa shape index (κ2) is 6.78. The molecular formula is C18H14ClN3O3. The summed E-state index contributed by atoms with van der Waals surface area (Å²) in [6.07, 6.45) is 1.48. The maximum absolute atomic E-state index is 12.5. The Morgan fingerprint density at radius 1 is 1.12 bits per heavy atom. The zero-order valence-corrected chi connectivity index (χ0v) is 14.0. The van der Waals surface area contributed by atoms with Crippen LogP contribution in [0, 0.1) is 6.92 Å². The average molecular weight is 356 g/mol. The second-order valence-electron chi connectivity index (χ2n) is 5.34. The van der Waals surface area contributed by atoms with E-state index < -0.39 is 5.97 Å². The van der Waals surface area contributed by atoms with Gasteiger partial charge in [0.05, 0.1) is 33.7 Å². The summed E-state index contributed by atoms with van der Waals surface area (Å²) in [5.74, 6) is -1.53. The van der Waals surface area contributed by atoms with Crippen molar-refractivity contribution in [3.05, 3.63) is 76.6 Å². The number of rotatable bonds is 4. The molecule has 1 amide bonds. The van der Waals surface area contributed by atoms with E-state index >= 15 is 0 Å². The number of carbonyl (C=O) groups is 2. The van der Waals surface area contributed by atoms with E-state index in [1.165, 1.54) is 18.3 Å². The summed E-state index contributed by atoms with van der Waals surface area (Å²) in [4.78, 5) is 23.6. The molecule has 0 saturated carbocycles. The first-order valence-corrected chi connectivity index (χ1v) is 7.79. The second-order valence-corrected chi connectivity index (χ2v) is 5.75. The Morgan fingerprint density at radius 2 is 1.84 bits per heavy atom. The quantitative estimate of drug-likeness (QED) is 0.745. The monoisotopic (exact) mass is 355 g/mol. The molecule has 1 aromatic heterocycles. The number of amides is 1. The number of carbonyl (C=O) groups excluding carboxylic acids is 1. The molecule has 0 aliphatic heterocycles. The number of nitrogens with one attached hydrogen (secondary N) is 1. The van der Waals surface area contributed by atoms with Gasteiger partial charge in [-0.25, -0.2) is 9.48 Å². The summed E-state index contributed by atoms with van der Waals surface area (Å²) in [6.45, 7) is 1.79. The van der Waals surface area contributed by atoms with Crippen LogP contribution in [0.4, 0.5) is 5.69 Å². The summed E-state index contributed by atoms with van der Waals surface area (Å²) in [7, 11) is 0. The number of benzene rings is 2. The van der Waals surface area contributed by atoms with Gasteiger partial charge in [0.25, 0.3) is 5.91 Å². The van der Waals surface area contributed by atoms with Gasteiger partial charge in [0, 0.05) is 5.69 Å². The van der Waals surface area contributed by atoms with E-state index in [-0.39, 0.29) is 16.5 Å². The number of hydrogen-bond acceptors (Lipinski definition) is 3. The molecule has 7 heteroatoms. The van der Waals surface area contributed by atoms with Crippen LogP contribution in [0.2, 0.25) is 5.02 Å². The fourth-order valence-electron chi connectivity index (χ4n) is 2.43. The zero-order chi connectivity index (χ0) is 18.0. The molecule has 126 valence electrons. The van der Waals surface area contributed by atoms with Gasteiger partial charge in [0.1, 0.15) is 0 Å². The summed E-state index contributed by atoms with van der Waals surface area (Å²) in [6, 6.07) is 13.7. The Bertz CT molecular complexity index is 951. The highest BCUT2D eigenvalue weighted by Crippen LogP contribution is 2.22.